The van der Waals surface area contributed by atoms with Crippen LogP contribution in [0.1, 0.15) is 47.3 Å². The molecule has 1 aliphatic rings. The first-order valence-corrected chi connectivity index (χ1v) is 9.54. The molecule has 2 aromatic rings. The second-order valence-electron chi connectivity index (χ2n) is 6.38. The first kappa shape index (κ1) is 19.5. The number of carboxylic acids is 1. The van der Waals surface area contributed by atoms with Crippen LogP contribution in [0, 0.1) is 11.6 Å². The van der Waals surface area contributed by atoms with Gasteiger partial charge in [0, 0.05) is 16.9 Å². The number of alkyl halides is 1. The zero-order valence-electron chi connectivity index (χ0n) is 14.6. The number of benzene rings is 1. The quantitative estimate of drug-likeness (QED) is 0.626. The molecule has 1 aliphatic carbocycles. The zero-order valence-corrected chi connectivity index (χ0v) is 15.4. The van der Waals surface area contributed by atoms with Gasteiger partial charge in [-0.1, -0.05) is 6.08 Å². The Morgan fingerprint density at radius 1 is 1.26 bits per heavy atom. The molecule has 1 N–H and O–H groups in total. The fourth-order valence-corrected chi connectivity index (χ4v) is 4.10. The second kappa shape index (κ2) is 8.61. The lowest BCUT2D eigenvalue weighted by Crippen LogP contribution is -2.04. The Labute approximate surface area is 159 Å². The highest BCUT2D eigenvalue weighted by molar-refractivity contribution is 7.10. The smallest absolute Gasteiger partial charge is 0.303 e. The van der Waals surface area contributed by atoms with Gasteiger partial charge in [0.1, 0.15) is 13.3 Å². The van der Waals surface area contributed by atoms with E-state index in [0.717, 1.165) is 42.5 Å². The Kier molecular flexibility index (Phi) is 6.21. The van der Waals surface area contributed by atoms with Crippen LogP contribution in [-0.2, 0) is 24.5 Å². The summed E-state index contributed by atoms with van der Waals surface area (Å²) in [5.41, 5.74) is 2.89. The normalized spacial score (nSPS) is 13.7. The number of ether oxygens (including phenoxy) is 1. The van der Waals surface area contributed by atoms with E-state index in [4.69, 9.17) is 9.84 Å². The van der Waals surface area contributed by atoms with E-state index in [2.05, 4.69) is 6.08 Å². The number of thiophene rings is 1. The lowest BCUT2D eigenvalue weighted by molar-refractivity contribution is -0.136. The molecule has 0 bridgehead atoms. The van der Waals surface area contributed by atoms with Gasteiger partial charge in [0.25, 0.3) is 0 Å². The van der Waals surface area contributed by atoms with Crippen molar-refractivity contribution in [2.24, 2.45) is 0 Å². The molecular weight excluding hydrogens is 377 g/mol. The molecule has 1 heterocycles. The van der Waals surface area contributed by atoms with Crippen molar-refractivity contribution in [1.82, 2.24) is 0 Å². The highest BCUT2D eigenvalue weighted by Gasteiger charge is 2.20. The summed E-state index contributed by atoms with van der Waals surface area (Å²) in [7, 11) is 0. The van der Waals surface area contributed by atoms with Gasteiger partial charge in [0.05, 0.1) is 0 Å². The van der Waals surface area contributed by atoms with Gasteiger partial charge in [-0.05, 0) is 59.9 Å². The first-order valence-electron chi connectivity index (χ1n) is 8.66. The third-order valence-electron chi connectivity index (χ3n) is 4.54. The fourth-order valence-electron chi connectivity index (χ4n) is 3.17. The summed E-state index contributed by atoms with van der Waals surface area (Å²) in [4.78, 5) is 11.1. The largest absolute Gasteiger partial charge is 0.483 e. The third-order valence-corrected chi connectivity index (χ3v) is 5.53. The van der Waals surface area contributed by atoms with E-state index in [1.807, 2.05) is 5.38 Å². The molecule has 0 aliphatic heterocycles. The molecule has 1 aromatic carbocycles. The van der Waals surface area contributed by atoms with E-state index in [1.54, 1.807) is 0 Å². The fraction of sp³-hybridized carbons (Fsp3) is 0.350. The highest BCUT2D eigenvalue weighted by atomic mass is 32.1. The molecule has 0 saturated carbocycles. The summed E-state index contributed by atoms with van der Waals surface area (Å²) < 4.78 is 47.2. The zero-order chi connectivity index (χ0) is 19.4. The summed E-state index contributed by atoms with van der Waals surface area (Å²) >= 11 is 1.28. The Morgan fingerprint density at radius 2 is 2.00 bits per heavy atom. The van der Waals surface area contributed by atoms with Gasteiger partial charge in [-0.2, -0.15) is 0 Å². The topological polar surface area (TPSA) is 46.5 Å². The van der Waals surface area contributed by atoms with Crippen LogP contribution >= 0.6 is 11.3 Å². The van der Waals surface area contributed by atoms with E-state index in [9.17, 15) is 18.0 Å². The molecule has 144 valence electrons. The molecule has 0 amide bonds. The maximum Gasteiger partial charge on any atom is 0.303 e. The average Bonchev–Trinajstić information content (AvgIpc) is 3.28. The summed E-state index contributed by atoms with van der Waals surface area (Å²) in [6.07, 6.45) is 4.82. The summed E-state index contributed by atoms with van der Waals surface area (Å²) in [5, 5.41) is 10.5. The minimum absolute atomic E-state index is 0.0261. The summed E-state index contributed by atoms with van der Waals surface area (Å²) in [5.74, 6) is -3.36. The number of hydrogen-bond donors (Lipinski definition) is 1. The van der Waals surface area contributed by atoms with Crippen molar-refractivity contribution in [3.05, 3.63) is 56.8 Å². The van der Waals surface area contributed by atoms with Crippen molar-refractivity contribution >= 4 is 22.9 Å². The van der Waals surface area contributed by atoms with Crippen molar-refractivity contribution in [3.63, 3.8) is 0 Å². The number of rotatable bonds is 8. The molecular formula is C20H19F3O3S. The molecule has 0 spiro atoms. The molecule has 1 aromatic heterocycles. The minimum Gasteiger partial charge on any atom is -0.483 e. The third kappa shape index (κ3) is 4.53. The lowest BCUT2D eigenvalue weighted by atomic mass is 10.0. The Hall–Kier alpha value is -2.28. The lowest BCUT2D eigenvalue weighted by Gasteiger charge is -2.12. The van der Waals surface area contributed by atoms with E-state index in [1.165, 1.54) is 11.3 Å². The molecule has 0 unspecified atom stereocenters. The van der Waals surface area contributed by atoms with Gasteiger partial charge in [-0.3, -0.25) is 4.79 Å². The number of carboxylic acid groups (broad SMARTS) is 1. The summed E-state index contributed by atoms with van der Waals surface area (Å²) in [6, 6.07) is 2.15. The molecule has 27 heavy (non-hydrogen) atoms. The van der Waals surface area contributed by atoms with Crippen LogP contribution < -0.4 is 4.74 Å². The number of halogens is 3. The molecule has 3 nitrogen and oxygen atoms in total. The van der Waals surface area contributed by atoms with Gasteiger partial charge in [-0.15, -0.1) is 11.3 Å². The number of allylic oxidation sites excluding steroid dienone is 2. The highest BCUT2D eigenvalue weighted by Crippen LogP contribution is 2.36. The number of aryl methyl sites for hydroxylation is 1. The van der Waals surface area contributed by atoms with Crippen LogP contribution in [0.15, 0.2) is 23.6 Å². The Bertz CT molecular complexity index is 850. The molecule has 0 saturated heterocycles. The number of aliphatic carboxylic acids is 1. The van der Waals surface area contributed by atoms with Gasteiger partial charge < -0.3 is 9.84 Å². The van der Waals surface area contributed by atoms with Crippen LogP contribution in [0.2, 0.25) is 0 Å². The van der Waals surface area contributed by atoms with Crippen LogP contribution in [0.4, 0.5) is 13.2 Å². The average molecular weight is 396 g/mol. The Balaban J connectivity index is 1.79. The van der Waals surface area contributed by atoms with Gasteiger partial charge in [0.15, 0.2) is 17.4 Å². The van der Waals surface area contributed by atoms with Gasteiger partial charge >= 0.3 is 5.97 Å². The Morgan fingerprint density at radius 3 is 2.59 bits per heavy atom. The van der Waals surface area contributed by atoms with Gasteiger partial charge in [0.2, 0.25) is 0 Å². The van der Waals surface area contributed by atoms with E-state index >= 15 is 0 Å². The number of carbonyl (C=O) groups is 1. The van der Waals surface area contributed by atoms with Crippen molar-refractivity contribution in [2.45, 2.75) is 45.4 Å². The maximum absolute atomic E-state index is 14.3. The molecule has 3 rings (SSSR count). The van der Waals surface area contributed by atoms with Crippen molar-refractivity contribution < 1.29 is 27.8 Å². The molecule has 0 radical (unpaired) electrons. The predicted molar refractivity (Wildman–Crippen MR) is 97.6 cm³/mol. The van der Waals surface area contributed by atoms with E-state index in [-0.39, 0.29) is 25.0 Å². The SMILES string of the molecule is O=C(O)CCc1cc(F)c(OCc2c(C3=CCCC3)csc2CF)c(F)c1. The van der Waals surface area contributed by atoms with E-state index in [0.29, 0.717) is 10.4 Å². The van der Waals surface area contributed by atoms with E-state index < -0.39 is 30.0 Å². The van der Waals surface area contributed by atoms with Crippen LogP contribution in [0.25, 0.3) is 5.57 Å². The van der Waals surface area contributed by atoms with Crippen LogP contribution in [-0.4, -0.2) is 11.1 Å². The monoisotopic (exact) mass is 396 g/mol. The molecule has 7 heteroatoms. The standard InChI is InChI=1S/C20H19F3O3S/c21-9-18-14(15(11-27-18)13-3-1-2-4-13)10-26-20-16(22)7-12(8-17(20)23)5-6-19(24)25/h3,7-8,11H,1-2,4-6,9-10H2,(H,24,25). The number of hydrogen-bond acceptors (Lipinski definition) is 3. The van der Waals surface area contributed by atoms with Gasteiger partial charge in [-0.25, -0.2) is 13.2 Å². The van der Waals surface area contributed by atoms with Crippen LogP contribution in [0.3, 0.4) is 0 Å². The summed E-state index contributed by atoms with van der Waals surface area (Å²) in [6.45, 7) is -0.784. The maximum atomic E-state index is 14.3. The minimum atomic E-state index is -1.04. The van der Waals surface area contributed by atoms with Crippen molar-refractivity contribution in [1.29, 1.82) is 0 Å². The van der Waals surface area contributed by atoms with Crippen molar-refractivity contribution in [2.75, 3.05) is 0 Å². The molecule has 0 atom stereocenters. The first-order chi connectivity index (χ1) is 13.0. The van der Waals surface area contributed by atoms with Crippen molar-refractivity contribution in [3.8, 4) is 5.75 Å². The second-order valence-corrected chi connectivity index (χ2v) is 7.34. The molecule has 0 fully saturated rings. The predicted octanol–water partition coefficient (Wildman–Crippen LogP) is 5.66. The van der Waals surface area contributed by atoms with Crippen LogP contribution in [0.5, 0.6) is 5.75 Å².